The minimum absolute atomic E-state index is 0.601. The van der Waals surface area contributed by atoms with Gasteiger partial charge in [0.1, 0.15) is 0 Å². The number of hydrogen-bond acceptors (Lipinski definition) is 4. The van der Waals surface area contributed by atoms with E-state index < -0.39 is 0 Å². The Labute approximate surface area is 528 Å². The summed E-state index contributed by atoms with van der Waals surface area (Å²) < 4.78 is 9.37. The van der Waals surface area contributed by atoms with Crippen LogP contribution in [0.5, 0.6) is 0 Å². The van der Waals surface area contributed by atoms with Crippen molar-refractivity contribution in [1.82, 2.24) is 38.2 Å². The quantitative estimate of drug-likeness (QED) is 0.144. The van der Waals surface area contributed by atoms with Gasteiger partial charge in [-0.1, -0.05) is 224 Å². The van der Waals surface area contributed by atoms with Crippen LogP contribution in [0.3, 0.4) is 0 Å². The molecule has 0 spiro atoms. The lowest BCUT2D eigenvalue weighted by atomic mass is 9.99. The van der Waals surface area contributed by atoms with Gasteiger partial charge in [0.05, 0.1) is 66.9 Å². The molecule has 0 aliphatic carbocycles. The highest BCUT2D eigenvalue weighted by atomic mass is 15.2. The number of benzene rings is 13. The third kappa shape index (κ3) is 8.04. The predicted molar refractivity (Wildman–Crippen MR) is 380 cm³/mol. The van der Waals surface area contributed by atoms with Gasteiger partial charge in [0, 0.05) is 76.7 Å². The Bertz CT molecular complexity index is 6120. The number of aromatic nitrogens is 8. The van der Waals surface area contributed by atoms with E-state index in [4.69, 9.17) is 19.9 Å². The van der Waals surface area contributed by atoms with Crippen molar-refractivity contribution in [1.29, 1.82) is 0 Å². The molecule has 0 amide bonds. The first-order valence-corrected chi connectivity index (χ1v) is 31.2. The van der Waals surface area contributed by atoms with Crippen LogP contribution < -0.4 is 0 Å². The van der Waals surface area contributed by atoms with E-state index in [1.54, 1.807) is 0 Å². The zero-order valence-electron chi connectivity index (χ0n) is 49.6. The van der Waals surface area contributed by atoms with E-state index >= 15 is 0 Å². The van der Waals surface area contributed by atoms with E-state index in [2.05, 4.69) is 322 Å². The van der Waals surface area contributed by atoms with Crippen LogP contribution in [-0.4, -0.2) is 38.2 Å². The van der Waals surface area contributed by atoms with E-state index in [0.29, 0.717) is 11.9 Å². The summed E-state index contributed by atoms with van der Waals surface area (Å²) in [6.45, 7) is 0. The highest BCUT2D eigenvalue weighted by molar-refractivity contribution is 6.30. The largest absolute Gasteiger partial charge is 0.309 e. The lowest BCUT2D eigenvalue weighted by molar-refractivity contribution is 0.995. The van der Waals surface area contributed by atoms with Crippen LogP contribution in [0.4, 0.5) is 0 Å². The predicted octanol–water partition coefficient (Wildman–Crippen LogP) is 21.1. The van der Waals surface area contributed by atoms with Crippen molar-refractivity contribution in [3.63, 3.8) is 0 Å². The van der Waals surface area contributed by atoms with Crippen LogP contribution in [0.1, 0.15) is 0 Å². The second kappa shape index (κ2) is 20.5. The third-order valence-electron chi connectivity index (χ3n) is 18.6. The molecule has 0 aliphatic heterocycles. The minimum Gasteiger partial charge on any atom is -0.309 e. The van der Waals surface area contributed by atoms with Crippen molar-refractivity contribution >= 4 is 98.0 Å². The van der Waals surface area contributed by atoms with Gasteiger partial charge < -0.3 is 9.13 Å². The van der Waals surface area contributed by atoms with Crippen molar-refractivity contribution < 1.29 is 0 Å². The molecule has 0 atom stereocenters. The SMILES string of the molecule is c1ccc(-c2cc(-c3cccc(-c4ccc5c6c7c8ccccc8n(-c8nc(-c9ccccc9)cc(-c9ccccc9)n8)c7ccc6n(-c6ccccc6)c5c4)c3)nc(-n3c4ccccc4c4c5c6ccccc6n(-c6ccc7ccccc7c6)c5ccc43)n2)cc1. The summed E-state index contributed by atoms with van der Waals surface area (Å²) in [6, 6.07) is 113. The fourth-order valence-corrected chi connectivity index (χ4v) is 14.5. The average molecular weight is 1170 g/mol. The van der Waals surface area contributed by atoms with E-state index in [1.807, 2.05) is 12.1 Å². The van der Waals surface area contributed by atoms with Crippen molar-refractivity contribution in [2.45, 2.75) is 0 Å². The van der Waals surface area contributed by atoms with Crippen LogP contribution >= 0.6 is 0 Å². The third-order valence-corrected chi connectivity index (χ3v) is 18.6. The molecule has 19 rings (SSSR count). The molecule has 0 N–H and O–H groups in total. The number of para-hydroxylation sites is 4. The first-order chi connectivity index (χ1) is 45.6. The summed E-state index contributed by atoms with van der Waals surface area (Å²) in [6.07, 6.45) is 0. The lowest BCUT2D eigenvalue weighted by Crippen LogP contribution is -2.04. The van der Waals surface area contributed by atoms with E-state index in [1.165, 1.54) is 32.3 Å². The van der Waals surface area contributed by atoms with Crippen molar-refractivity contribution in [3.05, 3.63) is 315 Å². The standard InChI is InChI=1S/C84H52N8/c1-5-23-54(24-6-1)67-51-68(55-25-7-2-8-26-55)86-83(85-67)91-73-39-20-17-36-65(73)81-77(91)46-44-74-82(81)66-43-41-59(50-78(66)89(74)61-32-11-4-12-33-61)57-30-21-31-60(48-57)70-52-69(56-27-9-3-10-28-56)87-84(88-70)92-72-38-19-16-35-64(72)80-76(92)47-45-75-79(80)63-34-15-18-37-71(63)90(75)62-42-40-53-22-13-14-29-58(53)49-62/h1-52H. The highest BCUT2D eigenvalue weighted by Gasteiger charge is 2.26. The summed E-state index contributed by atoms with van der Waals surface area (Å²) in [7, 11) is 0. The minimum atomic E-state index is 0.601. The number of fused-ring (bicyclic) bond motifs is 15. The summed E-state index contributed by atoms with van der Waals surface area (Å²) >= 11 is 0. The number of rotatable bonds is 9. The van der Waals surface area contributed by atoms with Gasteiger partial charge >= 0.3 is 0 Å². The second-order valence-corrected chi connectivity index (χ2v) is 23.8. The second-order valence-electron chi connectivity index (χ2n) is 23.8. The maximum atomic E-state index is 5.61. The van der Waals surface area contributed by atoms with Gasteiger partial charge in [-0.3, -0.25) is 9.13 Å². The summed E-state index contributed by atoms with van der Waals surface area (Å²) in [5.74, 6) is 1.22. The zero-order chi connectivity index (χ0) is 60.4. The van der Waals surface area contributed by atoms with Crippen LogP contribution in [0.2, 0.25) is 0 Å². The molecule has 6 aromatic heterocycles. The molecule has 6 heterocycles. The summed E-state index contributed by atoms with van der Waals surface area (Å²) in [5, 5.41) is 11.7. The molecule has 0 saturated carbocycles. The molecule has 0 saturated heterocycles. The Balaban J connectivity index is 0.788. The molecule has 428 valence electrons. The van der Waals surface area contributed by atoms with Crippen molar-refractivity contribution in [3.8, 4) is 79.4 Å². The van der Waals surface area contributed by atoms with Gasteiger partial charge in [-0.2, -0.15) is 0 Å². The van der Waals surface area contributed by atoms with Crippen LogP contribution in [0.15, 0.2) is 315 Å². The molecule has 0 bridgehead atoms. The maximum absolute atomic E-state index is 5.61. The van der Waals surface area contributed by atoms with E-state index in [-0.39, 0.29) is 0 Å². The van der Waals surface area contributed by atoms with Gasteiger partial charge in [-0.05, 0) is 113 Å². The van der Waals surface area contributed by atoms with Gasteiger partial charge in [-0.25, -0.2) is 19.9 Å². The lowest BCUT2D eigenvalue weighted by Gasteiger charge is -2.13. The van der Waals surface area contributed by atoms with Gasteiger partial charge in [0.25, 0.3) is 0 Å². The molecule has 13 aromatic carbocycles. The molecule has 8 nitrogen and oxygen atoms in total. The van der Waals surface area contributed by atoms with Crippen molar-refractivity contribution in [2.75, 3.05) is 0 Å². The fourth-order valence-electron chi connectivity index (χ4n) is 14.5. The maximum Gasteiger partial charge on any atom is 0.235 e. The van der Waals surface area contributed by atoms with Crippen LogP contribution in [0.25, 0.3) is 177 Å². The molecular formula is C84H52N8. The Morgan fingerprint density at radius 2 is 0.554 bits per heavy atom. The Morgan fingerprint density at radius 1 is 0.185 bits per heavy atom. The number of nitrogens with zero attached hydrogens (tertiary/aromatic N) is 8. The first-order valence-electron chi connectivity index (χ1n) is 31.2. The van der Waals surface area contributed by atoms with Crippen LogP contribution in [-0.2, 0) is 0 Å². The molecule has 19 aromatic rings. The molecular weight excluding hydrogens is 1120 g/mol. The number of hydrogen-bond donors (Lipinski definition) is 0. The highest BCUT2D eigenvalue weighted by Crippen LogP contribution is 2.46. The molecule has 0 radical (unpaired) electrons. The smallest absolute Gasteiger partial charge is 0.235 e. The summed E-state index contributed by atoms with van der Waals surface area (Å²) in [5.41, 5.74) is 20.5. The first kappa shape index (κ1) is 51.5. The average Bonchev–Trinajstić information content (AvgIpc) is 1.56. The zero-order valence-corrected chi connectivity index (χ0v) is 49.6. The topological polar surface area (TPSA) is 71.3 Å². The Kier molecular flexibility index (Phi) is 11.5. The molecule has 0 unspecified atom stereocenters. The molecule has 0 fully saturated rings. The van der Waals surface area contributed by atoms with Gasteiger partial charge in [0.15, 0.2) is 0 Å². The van der Waals surface area contributed by atoms with E-state index in [0.717, 1.165) is 133 Å². The molecule has 92 heavy (non-hydrogen) atoms. The van der Waals surface area contributed by atoms with E-state index in [9.17, 15) is 0 Å². The van der Waals surface area contributed by atoms with Gasteiger partial charge in [0.2, 0.25) is 11.9 Å². The Morgan fingerprint density at radius 3 is 1.07 bits per heavy atom. The summed E-state index contributed by atoms with van der Waals surface area (Å²) in [4.78, 5) is 21.9. The van der Waals surface area contributed by atoms with Crippen LogP contribution in [0, 0.1) is 0 Å². The monoisotopic (exact) mass is 1170 g/mol. The Hall–Kier alpha value is -12.5. The molecule has 0 aliphatic rings. The van der Waals surface area contributed by atoms with Gasteiger partial charge in [-0.15, -0.1) is 0 Å². The fraction of sp³-hybridized carbons (Fsp3) is 0. The molecule has 8 heteroatoms. The van der Waals surface area contributed by atoms with Crippen molar-refractivity contribution in [2.24, 2.45) is 0 Å². The normalized spacial score (nSPS) is 11.9.